The maximum atomic E-state index is 4.00. The zero-order valence-electron chi connectivity index (χ0n) is 24.2. The highest BCUT2D eigenvalue weighted by Gasteiger charge is 2.16. The van der Waals surface area contributed by atoms with E-state index in [4.69, 9.17) is 0 Å². The summed E-state index contributed by atoms with van der Waals surface area (Å²) >= 11 is 0. The van der Waals surface area contributed by atoms with Crippen LogP contribution in [-0.2, 0) is 19.4 Å². The number of fused-ring (bicyclic) bond motifs is 1. The van der Waals surface area contributed by atoms with E-state index in [-0.39, 0.29) is 0 Å². The van der Waals surface area contributed by atoms with Crippen LogP contribution in [0.3, 0.4) is 0 Å². The van der Waals surface area contributed by atoms with Crippen molar-refractivity contribution in [2.45, 2.75) is 86.6 Å². The van der Waals surface area contributed by atoms with Crippen molar-refractivity contribution in [3.8, 4) is 12.8 Å². The van der Waals surface area contributed by atoms with Gasteiger partial charge in [-0.3, -0.25) is 4.90 Å². The van der Waals surface area contributed by atoms with Gasteiger partial charge in [0, 0.05) is 13.1 Å². The average molecular weight is 479 g/mol. The number of unbranched alkanes of at least 4 members (excludes halogenated alkanes) is 1. The molecule has 35 heavy (non-hydrogen) atoms. The van der Waals surface area contributed by atoms with Crippen LogP contribution >= 0.6 is 0 Å². The minimum absolute atomic E-state index is 0.653. The monoisotopic (exact) mass is 478 g/mol. The summed E-state index contributed by atoms with van der Waals surface area (Å²) in [6.07, 6.45) is 13.0. The zero-order valence-corrected chi connectivity index (χ0v) is 24.2. The number of hydrogen-bond acceptors (Lipinski definition) is 2. The second kappa shape index (κ2) is 22.1. The first kappa shape index (κ1) is 34.8. The number of aryl methyl sites for hydroxylation is 3. The molecule has 0 radical (unpaired) electrons. The van der Waals surface area contributed by atoms with Crippen LogP contribution in [0.1, 0.15) is 86.8 Å². The van der Waals surface area contributed by atoms with Crippen molar-refractivity contribution in [1.29, 1.82) is 0 Å². The lowest BCUT2D eigenvalue weighted by Crippen LogP contribution is -2.31. The summed E-state index contributed by atoms with van der Waals surface area (Å²) in [5, 5.41) is 3.22. The Morgan fingerprint density at radius 3 is 2.09 bits per heavy atom. The van der Waals surface area contributed by atoms with E-state index in [1.54, 1.807) is 11.1 Å². The van der Waals surface area contributed by atoms with Crippen molar-refractivity contribution >= 4 is 0 Å². The fourth-order valence-corrected chi connectivity index (χ4v) is 4.00. The van der Waals surface area contributed by atoms with E-state index in [9.17, 15) is 0 Å². The Hall–Kier alpha value is -2.34. The number of benzene rings is 2. The van der Waals surface area contributed by atoms with Gasteiger partial charge in [-0.05, 0) is 93.4 Å². The van der Waals surface area contributed by atoms with Crippen LogP contribution in [0.2, 0.25) is 0 Å². The Kier molecular flexibility index (Phi) is 22.0. The number of nitrogens with zero attached hydrogens (tertiary/aromatic N) is 1. The molecule has 196 valence electrons. The second-order valence-corrected chi connectivity index (χ2v) is 8.80. The van der Waals surface area contributed by atoms with Crippen LogP contribution in [0.5, 0.6) is 0 Å². The molecule has 2 aromatic carbocycles. The van der Waals surface area contributed by atoms with E-state index >= 15 is 0 Å². The fourth-order valence-electron chi connectivity index (χ4n) is 4.00. The molecular weight excluding hydrogens is 424 g/mol. The second-order valence-electron chi connectivity index (χ2n) is 8.80. The molecule has 0 aliphatic carbocycles. The van der Waals surface area contributed by atoms with E-state index in [2.05, 4.69) is 107 Å². The maximum absolute atomic E-state index is 4.00. The Bertz CT molecular complexity index is 787. The van der Waals surface area contributed by atoms with Gasteiger partial charge in [-0.1, -0.05) is 76.6 Å². The highest BCUT2D eigenvalue weighted by molar-refractivity contribution is 5.39. The molecule has 1 aliphatic rings. The Balaban J connectivity index is 0. The summed E-state index contributed by atoms with van der Waals surface area (Å²) in [6.45, 7) is 25.8. The van der Waals surface area contributed by atoms with Crippen LogP contribution in [0.25, 0.3) is 0 Å². The lowest BCUT2D eigenvalue weighted by molar-refractivity contribution is 0.249. The van der Waals surface area contributed by atoms with Crippen LogP contribution in [0.15, 0.2) is 49.6 Å². The minimum atomic E-state index is 0.653. The molecule has 1 aliphatic heterocycles. The van der Waals surface area contributed by atoms with Gasteiger partial charge in [0.1, 0.15) is 0 Å². The molecule has 0 bridgehead atoms. The van der Waals surface area contributed by atoms with Crippen molar-refractivity contribution in [1.82, 2.24) is 10.2 Å². The first-order chi connectivity index (χ1) is 16.9. The van der Waals surface area contributed by atoms with E-state index < -0.39 is 0 Å². The molecule has 0 aromatic heterocycles. The molecule has 0 fully saturated rings. The highest BCUT2D eigenvalue weighted by Crippen LogP contribution is 2.23. The summed E-state index contributed by atoms with van der Waals surface area (Å²) in [5.41, 5.74) is 8.91. The van der Waals surface area contributed by atoms with Crippen LogP contribution in [0.4, 0.5) is 0 Å². The summed E-state index contributed by atoms with van der Waals surface area (Å²) in [7, 11) is 2.03. The lowest BCUT2D eigenvalue weighted by Gasteiger charge is -2.29. The van der Waals surface area contributed by atoms with Gasteiger partial charge in [-0.25, -0.2) is 0 Å². The smallest absolute Gasteiger partial charge is 0.0236 e. The predicted molar refractivity (Wildman–Crippen MR) is 160 cm³/mol. The number of terminal acetylenes is 1. The van der Waals surface area contributed by atoms with Crippen LogP contribution in [0, 0.1) is 26.7 Å². The topological polar surface area (TPSA) is 15.3 Å². The van der Waals surface area contributed by atoms with E-state index in [0.29, 0.717) is 5.92 Å². The first-order valence-electron chi connectivity index (χ1n) is 13.3. The van der Waals surface area contributed by atoms with E-state index in [1.807, 2.05) is 20.9 Å². The molecule has 1 N–H and O–H groups in total. The summed E-state index contributed by atoms with van der Waals surface area (Å²) < 4.78 is 0. The summed E-state index contributed by atoms with van der Waals surface area (Å²) in [4.78, 5) is 2.62. The minimum Gasteiger partial charge on any atom is -0.320 e. The van der Waals surface area contributed by atoms with Gasteiger partial charge in [-0.2, -0.15) is 0 Å². The Labute approximate surface area is 219 Å². The molecule has 1 heterocycles. The largest absolute Gasteiger partial charge is 0.320 e. The summed E-state index contributed by atoms with van der Waals surface area (Å²) in [5.74, 6) is 0.653. The van der Waals surface area contributed by atoms with Gasteiger partial charge < -0.3 is 5.32 Å². The molecule has 2 nitrogen and oxygen atoms in total. The van der Waals surface area contributed by atoms with Crippen molar-refractivity contribution in [2.75, 3.05) is 26.7 Å². The number of hydrogen-bond donors (Lipinski definition) is 1. The van der Waals surface area contributed by atoms with Crippen molar-refractivity contribution in [2.24, 2.45) is 0 Å². The maximum Gasteiger partial charge on any atom is 0.0236 e. The van der Waals surface area contributed by atoms with Gasteiger partial charge in [0.05, 0.1) is 0 Å². The highest BCUT2D eigenvalue weighted by atomic mass is 15.1. The molecule has 0 atom stereocenters. The molecule has 0 unspecified atom stereocenters. The quantitative estimate of drug-likeness (QED) is 0.245. The number of rotatable bonds is 7. The van der Waals surface area contributed by atoms with Gasteiger partial charge in [0.2, 0.25) is 0 Å². The van der Waals surface area contributed by atoms with Crippen LogP contribution < -0.4 is 5.32 Å². The predicted octanol–water partition coefficient (Wildman–Crippen LogP) is 8.11. The first-order valence-corrected chi connectivity index (χ1v) is 13.3. The third-order valence-corrected chi connectivity index (χ3v) is 6.03. The van der Waals surface area contributed by atoms with Gasteiger partial charge in [-0.15, -0.1) is 26.0 Å². The Morgan fingerprint density at radius 2 is 1.57 bits per heavy atom. The SMILES string of the molecule is C#C.C=C.CC.CCc1cc2c(cc1C)CCN(CCCCNC)C2.Cc1ccc(C(C)C)cc1. The zero-order chi connectivity index (χ0) is 27.2. The van der Waals surface area contributed by atoms with Gasteiger partial charge in [0.25, 0.3) is 0 Å². The molecule has 3 rings (SSSR count). The van der Waals surface area contributed by atoms with Gasteiger partial charge >= 0.3 is 0 Å². The average Bonchev–Trinajstić information content (AvgIpc) is 2.90. The van der Waals surface area contributed by atoms with E-state index in [0.717, 1.165) is 19.5 Å². The molecule has 0 spiro atoms. The van der Waals surface area contributed by atoms with Crippen molar-refractivity contribution in [3.05, 3.63) is 82.9 Å². The van der Waals surface area contributed by atoms with Crippen molar-refractivity contribution in [3.63, 3.8) is 0 Å². The molecule has 0 amide bonds. The standard InChI is InChI=1S/C17H28N2.C10H14.C2H6.C2H4.C2H2/c1-4-15-12-17-13-19(9-6-5-8-18-3)10-7-16(17)11-14(15)2;1-8(2)10-6-4-9(3)5-7-10;3*1-2/h11-12,18H,4-10,13H2,1-3H3;4-8H,1-3H3;1-2H3;1-2H2;1-2H. The van der Waals surface area contributed by atoms with Gasteiger partial charge in [0.15, 0.2) is 0 Å². The third-order valence-electron chi connectivity index (χ3n) is 6.03. The lowest BCUT2D eigenvalue weighted by atomic mass is 9.93. The van der Waals surface area contributed by atoms with Crippen LogP contribution in [-0.4, -0.2) is 31.6 Å². The Morgan fingerprint density at radius 1 is 0.971 bits per heavy atom. The molecular formula is C33H54N2. The summed E-state index contributed by atoms with van der Waals surface area (Å²) in [6, 6.07) is 13.6. The normalized spacial score (nSPS) is 11.7. The molecule has 0 saturated heterocycles. The number of nitrogens with one attached hydrogen (secondary N) is 1. The molecule has 0 saturated carbocycles. The van der Waals surface area contributed by atoms with E-state index in [1.165, 1.54) is 54.6 Å². The van der Waals surface area contributed by atoms with Crippen molar-refractivity contribution < 1.29 is 0 Å². The third kappa shape index (κ3) is 14.0. The fraction of sp³-hybridized carbons (Fsp3) is 0.515. The molecule has 2 aromatic rings. The molecule has 2 heteroatoms.